The van der Waals surface area contributed by atoms with Gasteiger partial charge in [-0.15, -0.1) is 0 Å². The molecule has 0 fully saturated rings. The van der Waals surface area contributed by atoms with Crippen LogP contribution >= 0.6 is 0 Å². The minimum atomic E-state index is -0.217. The Morgan fingerprint density at radius 2 is 1.48 bits per heavy atom. The topological polar surface area (TPSA) is 17.8 Å². The van der Waals surface area contributed by atoms with Gasteiger partial charge in [-0.05, 0) is 53.3 Å². The summed E-state index contributed by atoms with van der Waals surface area (Å²) in [4.78, 5) is 4.36. The lowest BCUT2D eigenvalue weighted by atomic mass is 9.97. The van der Waals surface area contributed by atoms with Crippen molar-refractivity contribution in [1.82, 2.24) is 9.55 Å². The quantitative estimate of drug-likeness (QED) is 0.370. The molecule has 0 aliphatic rings. The van der Waals surface area contributed by atoms with Crippen LogP contribution in [0.15, 0.2) is 97.5 Å². The van der Waals surface area contributed by atoms with Crippen LogP contribution in [0.2, 0.25) is 0 Å². The molecule has 1 heterocycles. The summed E-state index contributed by atoms with van der Waals surface area (Å²) in [6, 6.07) is 27.5. The molecule has 3 heteroatoms. The third-order valence-corrected chi connectivity index (χ3v) is 5.00. The van der Waals surface area contributed by atoms with Crippen LogP contribution in [0.5, 0.6) is 0 Å². The van der Waals surface area contributed by atoms with Gasteiger partial charge in [-0.25, -0.2) is 9.37 Å². The maximum absolute atomic E-state index is 13.5. The molecule has 0 amide bonds. The number of halogens is 1. The fourth-order valence-corrected chi connectivity index (χ4v) is 3.43. The molecule has 0 aliphatic carbocycles. The summed E-state index contributed by atoms with van der Waals surface area (Å²) >= 11 is 0. The van der Waals surface area contributed by atoms with Crippen molar-refractivity contribution in [1.29, 1.82) is 0 Å². The Hall–Kier alpha value is -3.46. The molecule has 0 saturated heterocycles. The minimum Gasteiger partial charge on any atom is -0.327 e. The highest BCUT2D eigenvalue weighted by molar-refractivity contribution is 5.80. The van der Waals surface area contributed by atoms with Crippen LogP contribution in [-0.2, 0) is 13.0 Å². The standard InChI is InChI=1S/C26H23FN2/c27-25-15-13-23(14-16-25)24(12-11-21-7-3-1-4-8-21)17-26-18-28-20-29(26)19-22-9-5-2-6-10-22/h1-10,13-18,20H,11-12,19H2/b24-17-. The van der Waals surface area contributed by atoms with Crippen LogP contribution in [0, 0.1) is 5.82 Å². The third-order valence-electron chi connectivity index (χ3n) is 5.00. The highest BCUT2D eigenvalue weighted by Gasteiger charge is 2.07. The molecule has 29 heavy (non-hydrogen) atoms. The molecule has 2 nitrogen and oxygen atoms in total. The molecule has 1 aromatic heterocycles. The fourth-order valence-electron chi connectivity index (χ4n) is 3.43. The Kier molecular flexibility index (Phi) is 5.96. The minimum absolute atomic E-state index is 0.217. The number of rotatable bonds is 7. The van der Waals surface area contributed by atoms with Gasteiger partial charge in [0, 0.05) is 6.54 Å². The number of hydrogen-bond donors (Lipinski definition) is 0. The first-order valence-electron chi connectivity index (χ1n) is 9.82. The van der Waals surface area contributed by atoms with E-state index in [2.05, 4.69) is 52.0 Å². The van der Waals surface area contributed by atoms with Crippen LogP contribution in [0.4, 0.5) is 4.39 Å². The van der Waals surface area contributed by atoms with E-state index in [1.165, 1.54) is 28.8 Å². The number of aromatic nitrogens is 2. The number of hydrogen-bond acceptors (Lipinski definition) is 1. The molecule has 0 aliphatic heterocycles. The Morgan fingerprint density at radius 1 is 0.828 bits per heavy atom. The molecule has 0 atom stereocenters. The van der Waals surface area contributed by atoms with Crippen LogP contribution in [-0.4, -0.2) is 9.55 Å². The average molecular weight is 382 g/mol. The van der Waals surface area contributed by atoms with Gasteiger partial charge >= 0.3 is 0 Å². The molecule has 0 saturated carbocycles. The van der Waals surface area contributed by atoms with Gasteiger partial charge < -0.3 is 4.57 Å². The summed E-state index contributed by atoms with van der Waals surface area (Å²) in [7, 11) is 0. The van der Waals surface area contributed by atoms with Crippen LogP contribution in [0.1, 0.15) is 28.8 Å². The van der Waals surface area contributed by atoms with Gasteiger partial charge in [0.25, 0.3) is 0 Å². The van der Waals surface area contributed by atoms with Gasteiger partial charge in [0.1, 0.15) is 5.82 Å². The lowest BCUT2D eigenvalue weighted by molar-refractivity contribution is 0.627. The van der Waals surface area contributed by atoms with Crippen molar-refractivity contribution < 1.29 is 4.39 Å². The maximum Gasteiger partial charge on any atom is 0.123 e. The third kappa shape index (κ3) is 5.08. The van der Waals surface area contributed by atoms with E-state index in [9.17, 15) is 4.39 Å². The molecular weight excluding hydrogens is 359 g/mol. The molecule has 3 aromatic carbocycles. The zero-order valence-corrected chi connectivity index (χ0v) is 16.2. The largest absolute Gasteiger partial charge is 0.327 e. The molecule has 0 bridgehead atoms. The average Bonchev–Trinajstić information content (AvgIpc) is 3.20. The van der Waals surface area contributed by atoms with Crippen molar-refractivity contribution >= 4 is 11.6 Å². The van der Waals surface area contributed by atoms with Crippen molar-refractivity contribution in [3.63, 3.8) is 0 Å². The summed E-state index contributed by atoms with van der Waals surface area (Å²) < 4.78 is 15.6. The zero-order chi connectivity index (χ0) is 19.9. The predicted molar refractivity (Wildman–Crippen MR) is 117 cm³/mol. The summed E-state index contributed by atoms with van der Waals surface area (Å²) in [5.74, 6) is -0.217. The van der Waals surface area contributed by atoms with Gasteiger partial charge in [-0.3, -0.25) is 0 Å². The van der Waals surface area contributed by atoms with Crippen LogP contribution in [0.25, 0.3) is 11.6 Å². The molecule has 0 spiro atoms. The van der Waals surface area contributed by atoms with E-state index in [4.69, 9.17) is 0 Å². The van der Waals surface area contributed by atoms with Crippen molar-refractivity contribution in [3.05, 3.63) is 126 Å². The van der Waals surface area contributed by atoms with E-state index in [0.717, 1.165) is 30.6 Å². The first-order chi connectivity index (χ1) is 14.3. The Labute approximate surface area is 171 Å². The van der Waals surface area contributed by atoms with E-state index in [-0.39, 0.29) is 5.82 Å². The van der Waals surface area contributed by atoms with E-state index in [1.54, 1.807) is 0 Å². The fraction of sp³-hybridized carbons (Fsp3) is 0.115. The van der Waals surface area contributed by atoms with E-state index in [0.29, 0.717) is 0 Å². The molecule has 4 aromatic rings. The highest BCUT2D eigenvalue weighted by Crippen LogP contribution is 2.24. The normalized spacial score (nSPS) is 11.6. The number of nitrogens with zero attached hydrogens (tertiary/aromatic N) is 2. The second-order valence-corrected chi connectivity index (χ2v) is 7.09. The van der Waals surface area contributed by atoms with Crippen LogP contribution in [0.3, 0.4) is 0 Å². The van der Waals surface area contributed by atoms with Crippen molar-refractivity contribution in [2.45, 2.75) is 19.4 Å². The van der Waals surface area contributed by atoms with Gasteiger partial charge in [0.15, 0.2) is 0 Å². The molecule has 144 valence electrons. The van der Waals surface area contributed by atoms with Gasteiger partial charge in [-0.1, -0.05) is 72.8 Å². The number of imidazole rings is 1. The van der Waals surface area contributed by atoms with Gasteiger partial charge in [0.2, 0.25) is 0 Å². The zero-order valence-electron chi connectivity index (χ0n) is 16.2. The first-order valence-corrected chi connectivity index (χ1v) is 9.82. The monoisotopic (exact) mass is 382 g/mol. The summed E-state index contributed by atoms with van der Waals surface area (Å²) in [6.45, 7) is 0.766. The summed E-state index contributed by atoms with van der Waals surface area (Å²) in [5.41, 5.74) is 5.77. The van der Waals surface area contributed by atoms with Gasteiger partial charge in [0.05, 0.1) is 18.2 Å². The Balaban J connectivity index is 1.63. The Morgan fingerprint density at radius 3 is 2.17 bits per heavy atom. The number of benzene rings is 3. The molecule has 0 N–H and O–H groups in total. The number of allylic oxidation sites excluding steroid dienone is 1. The van der Waals surface area contributed by atoms with E-state index in [1.807, 2.05) is 48.9 Å². The highest BCUT2D eigenvalue weighted by atomic mass is 19.1. The predicted octanol–water partition coefficient (Wildman–Crippen LogP) is 6.24. The first kappa shape index (κ1) is 18.9. The van der Waals surface area contributed by atoms with Gasteiger partial charge in [-0.2, -0.15) is 0 Å². The molecular formula is C26H23FN2. The molecule has 0 unspecified atom stereocenters. The van der Waals surface area contributed by atoms with Crippen molar-refractivity contribution in [2.24, 2.45) is 0 Å². The second kappa shape index (κ2) is 9.16. The smallest absolute Gasteiger partial charge is 0.123 e. The molecule has 4 rings (SSSR count). The maximum atomic E-state index is 13.5. The number of aryl methyl sites for hydroxylation is 1. The second-order valence-electron chi connectivity index (χ2n) is 7.09. The Bertz CT molecular complexity index is 1060. The van der Waals surface area contributed by atoms with E-state index < -0.39 is 0 Å². The van der Waals surface area contributed by atoms with Crippen LogP contribution < -0.4 is 0 Å². The lowest BCUT2D eigenvalue weighted by Crippen LogP contribution is -2.00. The van der Waals surface area contributed by atoms with Crippen molar-refractivity contribution in [3.8, 4) is 0 Å². The molecule has 0 radical (unpaired) electrons. The summed E-state index contributed by atoms with van der Waals surface area (Å²) in [5, 5.41) is 0. The summed E-state index contributed by atoms with van der Waals surface area (Å²) in [6.07, 6.45) is 7.71. The lowest BCUT2D eigenvalue weighted by Gasteiger charge is -2.11. The van der Waals surface area contributed by atoms with Crippen molar-refractivity contribution in [2.75, 3.05) is 0 Å². The SMILES string of the molecule is Fc1ccc(/C(=C\c2cncn2Cc2ccccc2)CCc2ccccc2)cc1. The van der Waals surface area contributed by atoms with E-state index >= 15 is 0 Å².